The largest absolute Gasteiger partial charge is 0.475 e. The fourth-order valence-electron chi connectivity index (χ4n) is 3.35. The van der Waals surface area contributed by atoms with Gasteiger partial charge in [0, 0.05) is 31.1 Å². The number of carboxylic acid groups (broad SMARTS) is 1. The smallest absolute Gasteiger partial charge is 0.372 e. The van der Waals surface area contributed by atoms with Gasteiger partial charge in [-0.3, -0.25) is 4.90 Å². The lowest BCUT2D eigenvalue weighted by molar-refractivity contribution is 0.0658. The molecule has 1 aromatic heterocycles. The maximum absolute atomic E-state index is 11.0. The third kappa shape index (κ3) is 1.93. The molecule has 1 aliphatic heterocycles. The quantitative estimate of drug-likeness (QED) is 0.843. The number of aromatic carboxylic acids is 1. The van der Waals surface area contributed by atoms with E-state index in [1.54, 1.807) is 6.07 Å². The van der Waals surface area contributed by atoms with Gasteiger partial charge in [-0.15, -0.1) is 0 Å². The SMILES string of the molecule is O=C(O)c1occc1CN1CC2CCC(O)C2C1. The van der Waals surface area contributed by atoms with Crippen LogP contribution in [0.25, 0.3) is 0 Å². The van der Waals surface area contributed by atoms with Crippen LogP contribution in [0.4, 0.5) is 0 Å². The molecule has 98 valence electrons. The highest BCUT2D eigenvalue weighted by molar-refractivity contribution is 5.86. The van der Waals surface area contributed by atoms with E-state index in [-0.39, 0.29) is 11.9 Å². The Labute approximate surface area is 105 Å². The highest BCUT2D eigenvalue weighted by Crippen LogP contribution is 2.38. The lowest BCUT2D eigenvalue weighted by Gasteiger charge is -2.17. The molecule has 3 atom stereocenters. The standard InChI is InChI=1S/C13H17NO4/c15-11-2-1-8-5-14(7-10(8)11)6-9-3-4-18-12(9)13(16)17/h3-4,8,10-11,15H,1-2,5-7H2,(H,16,17). The summed E-state index contributed by atoms with van der Waals surface area (Å²) in [5.41, 5.74) is 0.719. The molecular formula is C13H17NO4. The molecule has 2 heterocycles. The first-order chi connectivity index (χ1) is 8.65. The number of rotatable bonds is 3. The third-order valence-corrected chi connectivity index (χ3v) is 4.23. The normalized spacial score (nSPS) is 31.7. The highest BCUT2D eigenvalue weighted by atomic mass is 16.4. The fourth-order valence-corrected chi connectivity index (χ4v) is 3.35. The van der Waals surface area contributed by atoms with Crippen molar-refractivity contribution in [3.8, 4) is 0 Å². The zero-order valence-corrected chi connectivity index (χ0v) is 10.1. The van der Waals surface area contributed by atoms with E-state index >= 15 is 0 Å². The number of hydrogen-bond donors (Lipinski definition) is 2. The van der Waals surface area contributed by atoms with Crippen molar-refractivity contribution in [3.05, 3.63) is 23.7 Å². The topological polar surface area (TPSA) is 73.9 Å². The van der Waals surface area contributed by atoms with Crippen molar-refractivity contribution in [2.45, 2.75) is 25.5 Å². The van der Waals surface area contributed by atoms with Crippen LogP contribution in [0.15, 0.2) is 16.7 Å². The fraction of sp³-hybridized carbons (Fsp3) is 0.615. The molecule has 18 heavy (non-hydrogen) atoms. The summed E-state index contributed by atoms with van der Waals surface area (Å²) >= 11 is 0. The van der Waals surface area contributed by atoms with E-state index in [4.69, 9.17) is 9.52 Å². The molecule has 0 radical (unpaired) electrons. The van der Waals surface area contributed by atoms with Crippen LogP contribution in [0.1, 0.15) is 29.0 Å². The molecule has 1 saturated carbocycles. The Morgan fingerprint density at radius 2 is 2.28 bits per heavy atom. The highest BCUT2D eigenvalue weighted by Gasteiger charge is 2.41. The summed E-state index contributed by atoms with van der Waals surface area (Å²) in [6.45, 7) is 2.40. The number of carboxylic acids is 1. The lowest BCUT2D eigenvalue weighted by Crippen LogP contribution is -2.24. The number of furan rings is 1. The second-order valence-corrected chi connectivity index (χ2v) is 5.34. The number of fused-ring (bicyclic) bond motifs is 1. The molecule has 1 aromatic rings. The van der Waals surface area contributed by atoms with Crippen LogP contribution in [0.2, 0.25) is 0 Å². The summed E-state index contributed by atoms with van der Waals surface area (Å²) in [4.78, 5) is 13.2. The number of aliphatic hydroxyl groups excluding tert-OH is 1. The van der Waals surface area contributed by atoms with Gasteiger partial charge in [0.1, 0.15) is 0 Å². The first-order valence-electron chi connectivity index (χ1n) is 6.35. The van der Waals surface area contributed by atoms with Crippen molar-refractivity contribution in [1.82, 2.24) is 4.90 Å². The second kappa shape index (κ2) is 4.40. The minimum Gasteiger partial charge on any atom is -0.475 e. The molecule has 5 heteroatoms. The van der Waals surface area contributed by atoms with Crippen molar-refractivity contribution < 1.29 is 19.4 Å². The summed E-state index contributed by atoms with van der Waals surface area (Å²) in [6, 6.07) is 1.72. The van der Waals surface area contributed by atoms with Crippen molar-refractivity contribution in [2.75, 3.05) is 13.1 Å². The summed E-state index contributed by atoms with van der Waals surface area (Å²) in [5.74, 6) is -0.0487. The molecule has 3 rings (SSSR count). The number of hydrogen-bond acceptors (Lipinski definition) is 4. The van der Waals surface area contributed by atoms with Crippen LogP contribution in [-0.2, 0) is 6.54 Å². The Bertz CT molecular complexity index is 456. The van der Waals surface area contributed by atoms with Gasteiger partial charge in [-0.1, -0.05) is 0 Å². The lowest BCUT2D eigenvalue weighted by atomic mass is 10.00. The summed E-state index contributed by atoms with van der Waals surface area (Å²) in [5, 5.41) is 18.8. The van der Waals surface area contributed by atoms with Gasteiger partial charge in [0.25, 0.3) is 0 Å². The Morgan fingerprint density at radius 1 is 1.44 bits per heavy atom. The molecule has 1 saturated heterocycles. The molecule has 2 fully saturated rings. The van der Waals surface area contributed by atoms with Crippen molar-refractivity contribution in [2.24, 2.45) is 11.8 Å². The molecule has 3 unspecified atom stereocenters. The van der Waals surface area contributed by atoms with E-state index < -0.39 is 5.97 Å². The average molecular weight is 251 g/mol. The molecule has 0 bridgehead atoms. The van der Waals surface area contributed by atoms with Gasteiger partial charge >= 0.3 is 5.97 Å². The predicted octanol–water partition coefficient (Wildman–Crippen LogP) is 1.18. The van der Waals surface area contributed by atoms with Gasteiger partial charge in [-0.2, -0.15) is 0 Å². The van der Waals surface area contributed by atoms with Gasteiger partial charge in [-0.05, 0) is 24.8 Å². The average Bonchev–Trinajstić information content (AvgIpc) is 2.98. The van der Waals surface area contributed by atoms with Crippen molar-refractivity contribution >= 4 is 5.97 Å². The third-order valence-electron chi connectivity index (χ3n) is 4.23. The minimum atomic E-state index is -1.02. The molecule has 1 aliphatic carbocycles. The van der Waals surface area contributed by atoms with Gasteiger partial charge in [-0.25, -0.2) is 4.79 Å². The van der Waals surface area contributed by atoms with Gasteiger partial charge in [0.15, 0.2) is 0 Å². The van der Waals surface area contributed by atoms with Crippen LogP contribution < -0.4 is 0 Å². The number of likely N-dealkylation sites (tertiary alicyclic amines) is 1. The first kappa shape index (κ1) is 11.7. The molecular weight excluding hydrogens is 234 g/mol. The second-order valence-electron chi connectivity index (χ2n) is 5.34. The van der Waals surface area contributed by atoms with Gasteiger partial charge in [0.2, 0.25) is 5.76 Å². The van der Waals surface area contributed by atoms with Crippen LogP contribution in [0, 0.1) is 11.8 Å². The first-order valence-corrected chi connectivity index (χ1v) is 6.35. The molecule has 0 amide bonds. The molecule has 2 aliphatic rings. The summed E-state index contributed by atoms with van der Waals surface area (Å²) < 4.78 is 4.98. The predicted molar refractivity (Wildman–Crippen MR) is 63.2 cm³/mol. The summed E-state index contributed by atoms with van der Waals surface area (Å²) in [6.07, 6.45) is 3.24. The van der Waals surface area contributed by atoms with Crippen LogP contribution in [-0.4, -0.2) is 40.3 Å². The van der Waals surface area contributed by atoms with Crippen LogP contribution in [0.3, 0.4) is 0 Å². The Morgan fingerprint density at radius 3 is 3.00 bits per heavy atom. The van der Waals surface area contributed by atoms with Crippen LogP contribution >= 0.6 is 0 Å². The molecule has 2 N–H and O–H groups in total. The zero-order chi connectivity index (χ0) is 12.7. The monoisotopic (exact) mass is 251 g/mol. The van der Waals surface area contributed by atoms with Crippen molar-refractivity contribution in [1.29, 1.82) is 0 Å². The van der Waals surface area contributed by atoms with Gasteiger partial charge < -0.3 is 14.6 Å². The minimum absolute atomic E-state index is 0.0348. The van der Waals surface area contributed by atoms with E-state index in [2.05, 4.69) is 4.90 Å². The van der Waals surface area contributed by atoms with E-state index in [0.717, 1.165) is 31.5 Å². The molecule has 0 aromatic carbocycles. The number of carbonyl (C=O) groups is 1. The Kier molecular flexibility index (Phi) is 2.87. The maximum atomic E-state index is 11.0. The molecule has 0 spiro atoms. The van der Waals surface area contributed by atoms with E-state index in [1.807, 2.05) is 0 Å². The zero-order valence-electron chi connectivity index (χ0n) is 10.1. The molecule has 5 nitrogen and oxygen atoms in total. The summed E-state index contributed by atoms with van der Waals surface area (Å²) in [7, 11) is 0. The van der Waals surface area contributed by atoms with E-state index in [0.29, 0.717) is 18.4 Å². The maximum Gasteiger partial charge on any atom is 0.372 e. The van der Waals surface area contributed by atoms with Crippen LogP contribution in [0.5, 0.6) is 0 Å². The Balaban J connectivity index is 1.68. The number of nitrogens with zero attached hydrogens (tertiary/aromatic N) is 1. The van der Waals surface area contributed by atoms with E-state index in [1.165, 1.54) is 6.26 Å². The van der Waals surface area contributed by atoms with Gasteiger partial charge in [0.05, 0.1) is 12.4 Å². The van der Waals surface area contributed by atoms with Crippen molar-refractivity contribution in [3.63, 3.8) is 0 Å². The number of aliphatic hydroxyl groups is 1. The van der Waals surface area contributed by atoms with E-state index in [9.17, 15) is 9.90 Å². The Hall–Kier alpha value is -1.33.